The van der Waals surface area contributed by atoms with Gasteiger partial charge in [0.2, 0.25) is 5.88 Å². The SMILES string of the molecule is CCCCCCCCCCCCCCCCCCOC[C@H](CCOc1ccc(C#N)cn1)OP(=O)(O)OC[C@H]1O[C@@](C)(c2ccc3c(N)ncnn23)[C@H](O)[C@@H]1O. The van der Waals surface area contributed by atoms with Crippen LogP contribution in [0.5, 0.6) is 5.88 Å². The van der Waals surface area contributed by atoms with Crippen LogP contribution in [0.2, 0.25) is 0 Å². The van der Waals surface area contributed by atoms with Crippen LogP contribution in [0.25, 0.3) is 5.52 Å². The number of fused-ring (bicyclic) bond motifs is 1. The van der Waals surface area contributed by atoms with Gasteiger partial charge < -0.3 is 35.1 Å². The molecular weight excluding hydrogens is 739 g/mol. The van der Waals surface area contributed by atoms with Crippen molar-refractivity contribution in [2.24, 2.45) is 0 Å². The van der Waals surface area contributed by atoms with Gasteiger partial charge in [-0.15, -0.1) is 0 Å². The average molecular weight is 803 g/mol. The molecule has 312 valence electrons. The van der Waals surface area contributed by atoms with E-state index in [2.05, 4.69) is 22.0 Å². The van der Waals surface area contributed by atoms with E-state index in [0.717, 1.165) is 19.3 Å². The van der Waals surface area contributed by atoms with E-state index in [-0.39, 0.29) is 25.5 Å². The molecule has 16 heteroatoms. The zero-order valence-electron chi connectivity index (χ0n) is 33.2. The quantitative estimate of drug-likeness (QED) is 0.0405. The fourth-order valence-corrected chi connectivity index (χ4v) is 7.94. The summed E-state index contributed by atoms with van der Waals surface area (Å²) in [5, 5.41) is 35.1. The minimum Gasteiger partial charge on any atom is -0.478 e. The monoisotopic (exact) mass is 802 g/mol. The summed E-state index contributed by atoms with van der Waals surface area (Å²) < 4.78 is 43.1. The van der Waals surface area contributed by atoms with Crippen LogP contribution in [-0.2, 0) is 28.7 Å². The topological polar surface area (TPSA) is 217 Å². The summed E-state index contributed by atoms with van der Waals surface area (Å²) in [6.45, 7) is 3.85. The van der Waals surface area contributed by atoms with E-state index in [0.29, 0.717) is 29.3 Å². The van der Waals surface area contributed by atoms with Gasteiger partial charge in [0.1, 0.15) is 41.8 Å². The van der Waals surface area contributed by atoms with Crippen LogP contribution in [-0.4, -0.2) is 85.5 Å². The molecule has 5 N–H and O–H groups in total. The number of nitrogen functional groups attached to an aromatic ring is 1. The minimum absolute atomic E-state index is 0.0163. The van der Waals surface area contributed by atoms with E-state index in [1.165, 1.54) is 101 Å². The van der Waals surface area contributed by atoms with Gasteiger partial charge in [-0.05, 0) is 31.5 Å². The minimum atomic E-state index is -4.71. The number of phosphoric ester groups is 1. The fraction of sp³-hybridized carbons (Fsp3) is 0.700. The number of aromatic nitrogens is 4. The number of nitrogens with two attached hydrogens (primary N) is 1. The number of aliphatic hydroxyl groups excluding tert-OH is 2. The highest BCUT2D eigenvalue weighted by Crippen LogP contribution is 2.47. The van der Waals surface area contributed by atoms with Gasteiger partial charge in [0.25, 0.3) is 0 Å². The van der Waals surface area contributed by atoms with Crippen molar-refractivity contribution < 1.29 is 42.9 Å². The second-order valence-corrected chi connectivity index (χ2v) is 16.3. The highest BCUT2D eigenvalue weighted by Gasteiger charge is 2.54. The lowest BCUT2D eigenvalue weighted by atomic mass is 9.93. The van der Waals surface area contributed by atoms with Crippen molar-refractivity contribution in [3.63, 3.8) is 0 Å². The molecule has 3 aromatic rings. The van der Waals surface area contributed by atoms with Gasteiger partial charge in [-0.25, -0.2) is 19.0 Å². The smallest absolute Gasteiger partial charge is 0.472 e. The van der Waals surface area contributed by atoms with Crippen LogP contribution in [0, 0.1) is 11.3 Å². The Morgan fingerprint density at radius 1 is 0.946 bits per heavy atom. The third-order valence-corrected chi connectivity index (χ3v) is 11.4. The molecule has 1 aliphatic heterocycles. The number of nitriles is 1. The molecule has 0 saturated carbocycles. The van der Waals surface area contributed by atoms with Gasteiger partial charge in [0.15, 0.2) is 5.82 Å². The molecular formula is C40H63N6O9P. The Labute approximate surface area is 331 Å². The van der Waals surface area contributed by atoms with Crippen molar-refractivity contribution in [2.75, 3.05) is 32.2 Å². The predicted molar refractivity (Wildman–Crippen MR) is 212 cm³/mol. The number of hydrogen-bond acceptors (Lipinski definition) is 13. The van der Waals surface area contributed by atoms with Crippen LogP contribution < -0.4 is 10.5 Å². The summed E-state index contributed by atoms with van der Waals surface area (Å²) in [6, 6.07) is 8.47. The van der Waals surface area contributed by atoms with Crippen molar-refractivity contribution in [3.8, 4) is 11.9 Å². The standard InChI is InChI=1S/C40H63N6O9P/c1-3-4-5-6-7-8-9-10-11-12-13-14-15-16-17-18-24-51-28-32(23-25-52-36-22-19-31(26-41)27-43-36)55-56(49,50)53-29-34-37(47)38(48)40(2,54-34)35-21-20-33-39(42)44-30-45-46(33)35/h19-22,27,30,32,34,37-38,47-48H,3-18,23-25,28-29H2,1-2H3,(H,49,50)(H2,42,44,45)/t32-,34+,37+,38+,40-/m0/s1. The zero-order chi connectivity index (χ0) is 40.2. The lowest BCUT2D eigenvalue weighted by Crippen LogP contribution is -2.39. The molecule has 0 aliphatic carbocycles. The number of aliphatic hydroxyl groups is 2. The molecule has 0 amide bonds. The second-order valence-electron chi connectivity index (χ2n) is 14.9. The maximum atomic E-state index is 13.2. The largest absolute Gasteiger partial charge is 0.478 e. The molecule has 1 unspecified atom stereocenters. The Kier molecular flexibility index (Phi) is 19.4. The summed E-state index contributed by atoms with van der Waals surface area (Å²) >= 11 is 0. The third-order valence-electron chi connectivity index (χ3n) is 10.3. The second kappa shape index (κ2) is 23.9. The van der Waals surface area contributed by atoms with Gasteiger partial charge in [0.05, 0.1) is 37.2 Å². The summed E-state index contributed by atoms with van der Waals surface area (Å²) in [5.41, 5.74) is 5.78. The van der Waals surface area contributed by atoms with E-state index >= 15 is 0 Å². The molecule has 56 heavy (non-hydrogen) atoms. The van der Waals surface area contributed by atoms with Crippen molar-refractivity contribution in [3.05, 3.63) is 48.0 Å². The van der Waals surface area contributed by atoms with Gasteiger partial charge >= 0.3 is 7.82 Å². The Bertz CT molecular complexity index is 1660. The number of hydrogen-bond donors (Lipinski definition) is 4. The molecule has 0 spiro atoms. The number of rotatable bonds is 29. The molecule has 6 atom stereocenters. The van der Waals surface area contributed by atoms with Crippen molar-refractivity contribution >= 4 is 19.2 Å². The first kappa shape index (κ1) is 45.5. The molecule has 4 heterocycles. The summed E-state index contributed by atoms with van der Waals surface area (Å²) in [7, 11) is -4.71. The Balaban J connectivity index is 1.18. The highest BCUT2D eigenvalue weighted by molar-refractivity contribution is 7.47. The van der Waals surface area contributed by atoms with E-state index in [1.54, 1.807) is 31.2 Å². The highest BCUT2D eigenvalue weighted by atomic mass is 31.2. The first-order chi connectivity index (χ1) is 27.1. The zero-order valence-corrected chi connectivity index (χ0v) is 34.1. The van der Waals surface area contributed by atoms with E-state index in [1.807, 2.05) is 6.07 Å². The summed E-state index contributed by atoms with van der Waals surface area (Å²) in [4.78, 5) is 18.8. The number of unbranched alkanes of at least 4 members (excludes halogenated alkanes) is 15. The van der Waals surface area contributed by atoms with Gasteiger partial charge in [-0.1, -0.05) is 103 Å². The van der Waals surface area contributed by atoms with Crippen LogP contribution in [0.3, 0.4) is 0 Å². The van der Waals surface area contributed by atoms with E-state index in [9.17, 15) is 19.7 Å². The van der Waals surface area contributed by atoms with Crippen LogP contribution in [0.15, 0.2) is 36.8 Å². The Hall–Kier alpha value is -3.19. The fourth-order valence-electron chi connectivity index (χ4n) is 7.00. The molecule has 1 saturated heterocycles. The third kappa shape index (κ3) is 14.3. The van der Waals surface area contributed by atoms with Crippen LogP contribution >= 0.6 is 7.82 Å². The summed E-state index contributed by atoms with van der Waals surface area (Å²) in [6.07, 6.45) is 18.2. The molecule has 1 fully saturated rings. The Morgan fingerprint density at radius 2 is 1.59 bits per heavy atom. The molecule has 0 radical (unpaired) electrons. The number of nitrogens with zero attached hydrogens (tertiary/aromatic N) is 5. The Morgan fingerprint density at radius 3 is 2.20 bits per heavy atom. The first-order valence-corrected chi connectivity index (χ1v) is 21.9. The maximum absolute atomic E-state index is 13.2. The molecule has 0 bridgehead atoms. The maximum Gasteiger partial charge on any atom is 0.472 e. The molecule has 4 rings (SSSR count). The van der Waals surface area contributed by atoms with Gasteiger partial charge in [-0.3, -0.25) is 9.05 Å². The number of pyridine rings is 1. The number of phosphoric acid groups is 1. The predicted octanol–water partition coefficient (Wildman–Crippen LogP) is 7.16. The first-order valence-electron chi connectivity index (χ1n) is 20.4. The van der Waals surface area contributed by atoms with Crippen molar-refractivity contribution in [1.82, 2.24) is 19.6 Å². The van der Waals surface area contributed by atoms with E-state index in [4.69, 9.17) is 34.3 Å². The van der Waals surface area contributed by atoms with Gasteiger partial charge in [-0.2, -0.15) is 10.4 Å². The lowest BCUT2D eigenvalue weighted by Gasteiger charge is -2.27. The molecule has 0 aromatic carbocycles. The normalized spacial score (nSPS) is 21.2. The van der Waals surface area contributed by atoms with Crippen molar-refractivity contribution in [2.45, 2.75) is 153 Å². The van der Waals surface area contributed by atoms with Gasteiger partial charge in [0, 0.05) is 25.3 Å². The lowest BCUT2D eigenvalue weighted by molar-refractivity contribution is -0.0898. The van der Waals surface area contributed by atoms with E-state index < -0.39 is 44.4 Å². The number of ether oxygens (including phenoxy) is 3. The van der Waals surface area contributed by atoms with Crippen LogP contribution in [0.4, 0.5) is 5.82 Å². The number of anilines is 1. The summed E-state index contributed by atoms with van der Waals surface area (Å²) in [5.74, 6) is 0.516. The van der Waals surface area contributed by atoms with Crippen molar-refractivity contribution in [1.29, 1.82) is 5.26 Å². The molecule has 3 aromatic heterocycles. The average Bonchev–Trinajstić information content (AvgIpc) is 3.73. The molecule has 1 aliphatic rings. The molecule has 15 nitrogen and oxygen atoms in total. The van der Waals surface area contributed by atoms with Crippen LogP contribution in [0.1, 0.15) is 134 Å².